The number of amides is 1. The number of rotatable bonds is 4. The van der Waals surface area contributed by atoms with Crippen molar-refractivity contribution in [2.75, 3.05) is 31.2 Å². The molecule has 156 valence electrons. The number of hydrogen-bond acceptors (Lipinski definition) is 6. The van der Waals surface area contributed by atoms with Crippen LogP contribution in [0.5, 0.6) is 11.5 Å². The fourth-order valence-electron chi connectivity index (χ4n) is 3.97. The molecule has 2 aliphatic rings. The number of carbonyl (C=O) groups is 1. The zero-order chi connectivity index (χ0) is 20.5. The van der Waals surface area contributed by atoms with Gasteiger partial charge in [-0.05, 0) is 62.1 Å². The van der Waals surface area contributed by atoms with Crippen LogP contribution < -0.4 is 19.7 Å². The first-order valence-electron chi connectivity index (χ1n) is 10.5. The van der Waals surface area contributed by atoms with Crippen LogP contribution >= 0.6 is 11.3 Å². The second-order valence-corrected chi connectivity index (χ2v) is 8.83. The van der Waals surface area contributed by atoms with Gasteiger partial charge < -0.3 is 19.7 Å². The van der Waals surface area contributed by atoms with E-state index in [0.717, 1.165) is 45.5 Å². The summed E-state index contributed by atoms with van der Waals surface area (Å²) in [5.41, 5.74) is 2.59. The average Bonchev–Trinajstić information content (AvgIpc) is 3.23. The summed E-state index contributed by atoms with van der Waals surface area (Å²) < 4.78 is 12.3. The van der Waals surface area contributed by atoms with Crippen molar-refractivity contribution in [2.24, 2.45) is 0 Å². The molecule has 2 aliphatic heterocycles. The number of fused-ring (bicyclic) bond motifs is 2. The van der Waals surface area contributed by atoms with E-state index in [0.29, 0.717) is 18.8 Å². The van der Waals surface area contributed by atoms with Gasteiger partial charge >= 0.3 is 0 Å². The van der Waals surface area contributed by atoms with E-state index in [1.807, 2.05) is 43.3 Å². The highest BCUT2D eigenvalue weighted by molar-refractivity contribution is 7.22. The van der Waals surface area contributed by atoms with Gasteiger partial charge in [-0.25, -0.2) is 4.98 Å². The number of aromatic nitrogens is 1. The first kappa shape index (κ1) is 19.2. The summed E-state index contributed by atoms with van der Waals surface area (Å²) in [7, 11) is 0. The molecule has 1 amide bonds. The van der Waals surface area contributed by atoms with Crippen molar-refractivity contribution in [1.82, 2.24) is 10.3 Å². The first-order valence-corrected chi connectivity index (χ1v) is 11.3. The minimum Gasteiger partial charge on any atom is -0.486 e. The lowest BCUT2D eigenvalue weighted by Gasteiger charge is -2.25. The molecule has 1 saturated heterocycles. The molecule has 0 unspecified atom stereocenters. The molecule has 0 bridgehead atoms. The third-order valence-corrected chi connectivity index (χ3v) is 6.76. The second-order valence-electron chi connectivity index (χ2n) is 7.82. The standard InChI is InChI=1S/C23H25N3O3S/c1-15(16-6-8-19-20(13-16)29-12-11-28-19)24-22(27)17-5-7-18-21(14-17)30-23(25-18)26-9-3-2-4-10-26/h5-8,13-15H,2-4,9-12H2,1H3,(H,24,27)/t15-/m0/s1. The topological polar surface area (TPSA) is 63.7 Å². The van der Waals surface area contributed by atoms with Crippen LogP contribution in [0.1, 0.15) is 48.1 Å². The minimum atomic E-state index is -0.144. The molecule has 3 heterocycles. The number of benzene rings is 2. The summed E-state index contributed by atoms with van der Waals surface area (Å²) in [6, 6.07) is 11.4. The van der Waals surface area contributed by atoms with E-state index in [1.54, 1.807) is 11.3 Å². The normalized spacial score (nSPS) is 17.0. The molecule has 0 aliphatic carbocycles. The van der Waals surface area contributed by atoms with E-state index >= 15 is 0 Å². The maximum atomic E-state index is 12.9. The number of anilines is 1. The van der Waals surface area contributed by atoms with Gasteiger partial charge in [0.2, 0.25) is 0 Å². The molecule has 0 radical (unpaired) electrons. The molecule has 7 heteroatoms. The number of carbonyl (C=O) groups excluding carboxylic acids is 1. The summed E-state index contributed by atoms with van der Waals surface area (Å²) >= 11 is 1.67. The van der Waals surface area contributed by atoms with Gasteiger partial charge in [0.05, 0.1) is 16.3 Å². The molecule has 2 aromatic carbocycles. The third kappa shape index (κ3) is 3.81. The summed E-state index contributed by atoms with van der Waals surface area (Å²) in [6.07, 6.45) is 3.75. The smallest absolute Gasteiger partial charge is 0.251 e. The lowest BCUT2D eigenvalue weighted by molar-refractivity contribution is 0.0940. The van der Waals surface area contributed by atoms with Crippen molar-refractivity contribution in [3.63, 3.8) is 0 Å². The Kier molecular flexibility index (Phi) is 5.21. The molecule has 3 aromatic rings. The lowest BCUT2D eigenvalue weighted by atomic mass is 10.1. The fraction of sp³-hybridized carbons (Fsp3) is 0.391. The highest BCUT2D eigenvalue weighted by Gasteiger charge is 2.18. The summed E-state index contributed by atoms with van der Waals surface area (Å²) in [5, 5.41) is 4.15. The number of nitrogens with one attached hydrogen (secondary N) is 1. The highest BCUT2D eigenvalue weighted by atomic mass is 32.1. The van der Waals surface area contributed by atoms with Crippen molar-refractivity contribution in [2.45, 2.75) is 32.2 Å². The zero-order valence-electron chi connectivity index (χ0n) is 17.0. The van der Waals surface area contributed by atoms with Gasteiger partial charge in [-0.1, -0.05) is 17.4 Å². The van der Waals surface area contributed by atoms with E-state index in [-0.39, 0.29) is 11.9 Å². The Morgan fingerprint density at radius 3 is 2.70 bits per heavy atom. The molecule has 1 atom stereocenters. The zero-order valence-corrected chi connectivity index (χ0v) is 17.8. The predicted octanol–water partition coefficient (Wildman–Crippen LogP) is 4.55. The van der Waals surface area contributed by atoms with Gasteiger partial charge in [-0.2, -0.15) is 0 Å². The number of hydrogen-bond donors (Lipinski definition) is 1. The molecule has 1 aromatic heterocycles. The van der Waals surface area contributed by atoms with E-state index in [9.17, 15) is 4.79 Å². The van der Waals surface area contributed by atoms with Gasteiger partial charge in [0.15, 0.2) is 16.6 Å². The van der Waals surface area contributed by atoms with Crippen LogP contribution in [0.4, 0.5) is 5.13 Å². The Morgan fingerprint density at radius 1 is 1.07 bits per heavy atom. The Hall–Kier alpha value is -2.80. The molecule has 1 N–H and O–H groups in total. The van der Waals surface area contributed by atoms with Crippen molar-refractivity contribution >= 4 is 32.6 Å². The molecule has 5 rings (SSSR count). The maximum Gasteiger partial charge on any atom is 0.251 e. The predicted molar refractivity (Wildman–Crippen MR) is 119 cm³/mol. The Labute approximate surface area is 179 Å². The van der Waals surface area contributed by atoms with Gasteiger partial charge in [0.25, 0.3) is 5.91 Å². The van der Waals surface area contributed by atoms with Crippen LogP contribution in [0.25, 0.3) is 10.2 Å². The lowest BCUT2D eigenvalue weighted by Crippen LogP contribution is -2.29. The molecule has 6 nitrogen and oxygen atoms in total. The number of ether oxygens (including phenoxy) is 2. The largest absolute Gasteiger partial charge is 0.486 e. The average molecular weight is 424 g/mol. The third-order valence-electron chi connectivity index (χ3n) is 5.68. The molecule has 0 spiro atoms. The van der Waals surface area contributed by atoms with Crippen LogP contribution in [0.15, 0.2) is 36.4 Å². The van der Waals surface area contributed by atoms with Crippen molar-refractivity contribution in [3.05, 3.63) is 47.5 Å². The van der Waals surface area contributed by atoms with Gasteiger partial charge in [0.1, 0.15) is 13.2 Å². The number of piperidine rings is 1. The van der Waals surface area contributed by atoms with Crippen LogP contribution in [-0.4, -0.2) is 37.2 Å². The maximum absolute atomic E-state index is 12.9. The molecular weight excluding hydrogens is 398 g/mol. The molecular formula is C23H25N3O3S. The van der Waals surface area contributed by atoms with Gasteiger partial charge in [-0.15, -0.1) is 0 Å². The first-order chi connectivity index (χ1) is 14.7. The van der Waals surface area contributed by atoms with Crippen LogP contribution in [0.3, 0.4) is 0 Å². The van der Waals surface area contributed by atoms with Gasteiger partial charge in [0, 0.05) is 18.7 Å². The monoisotopic (exact) mass is 423 g/mol. The Bertz CT molecular complexity index is 1070. The van der Waals surface area contributed by atoms with E-state index in [1.165, 1.54) is 19.3 Å². The number of nitrogens with zero attached hydrogens (tertiary/aromatic N) is 2. The van der Waals surface area contributed by atoms with Crippen LogP contribution in [0, 0.1) is 0 Å². The summed E-state index contributed by atoms with van der Waals surface area (Å²) in [4.78, 5) is 20.0. The Balaban J connectivity index is 1.31. The molecule has 1 fully saturated rings. The van der Waals surface area contributed by atoms with Crippen molar-refractivity contribution in [1.29, 1.82) is 0 Å². The second kappa shape index (κ2) is 8.14. The number of thiazole rings is 1. The van der Waals surface area contributed by atoms with Gasteiger partial charge in [-0.3, -0.25) is 4.79 Å². The van der Waals surface area contributed by atoms with E-state index < -0.39 is 0 Å². The SMILES string of the molecule is C[C@H](NC(=O)c1ccc2nc(N3CCCCC3)sc2c1)c1ccc2c(c1)OCCO2. The van der Waals surface area contributed by atoms with Crippen LogP contribution in [-0.2, 0) is 0 Å². The fourth-order valence-corrected chi connectivity index (χ4v) is 5.02. The summed E-state index contributed by atoms with van der Waals surface area (Å²) in [5.74, 6) is 1.40. The quantitative estimate of drug-likeness (QED) is 0.667. The highest BCUT2D eigenvalue weighted by Crippen LogP contribution is 2.33. The molecule has 30 heavy (non-hydrogen) atoms. The molecule has 0 saturated carbocycles. The Morgan fingerprint density at radius 2 is 1.87 bits per heavy atom. The van der Waals surface area contributed by atoms with Crippen molar-refractivity contribution < 1.29 is 14.3 Å². The van der Waals surface area contributed by atoms with Crippen LogP contribution in [0.2, 0.25) is 0 Å². The van der Waals surface area contributed by atoms with E-state index in [2.05, 4.69) is 10.2 Å². The van der Waals surface area contributed by atoms with Crippen molar-refractivity contribution in [3.8, 4) is 11.5 Å². The summed E-state index contributed by atoms with van der Waals surface area (Å²) in [6.45, 7) is 5.23. The minimum absolute atomic E-state index is 0.0905. The van der Waals surface area contributed by atoms with E-state index in [4.69, 9.17) is 14.5 Å².